The molecule has 0 heterocycles. The minimum absolute atomic E-state index is 0.237. The molecule has 0 spiro atoms. The van der Waals surface area contributed by atoms with Gasteiger partial charge in [0.1, 0.15) is 0 Å². The maximum absolute atomic E-state index is 11.4. The number of hydrogen-bond acceptors (Lipinski definition) is 4. The Hall–Kier alpha value is -0.940. The molecule has 0 aromatic carbocycles. The third-order valence-electron chi connectivity index (χ3n) is 2.61. The van der Waals surface area contributed by atoms with Gasteiger partial charge in [-0.2, -0.15) is 0 Å². The van der Waals surface area contributed by atoms with Gasteiger partial charge in [-0.3, -0.25) is 0 Å². The third-order valence-corrected chi connectivity index (χ3v) is 2.61. The molecule has 0 amide bonds. The molecule has 18 heavy (non-hydrogen) atoms. The molecule has 5 nitrogen and oxygen atoms in total. The predicted octanol–water partition coefficient (Wildman–Crippen LogP) is 2.83. The molecule has 0 aromatic heterocycles. The van der Waals surface area contributed by atoms with E-state index in [0.717, 1.165) is 12.8 Å². The molecule has 0 aliphatic rings. The standard InChI is InChI=1S/C13H26N2O3/c1-4-5-6-7-8-9-10-15(17)14-13(11-18-3)12(2)16/h9-10,12-13,16H,4-8,11H2,1-3H3/b10-9+,15-14?/t12-,13+/m1/s1. The highest BCUT2D eigenvalue weighted by atomic mass is 16.5. The van der Waals surface area contributed by atoms with E-state index in [9.17, 15) is 10.3 Å². The molecule has 1 N–H and O–H groups in total. The summed E-state index contributed by atoms with van der Waals surface area (Å²) in [6.45, 7) is 4.00. The van der Waals surface area contributed by atoms with Gasteiger partial charge in [0.25, 0.3) is 0 Å². The topological polar surface area (TPSA) is 67.9 Å². The number of methoxy groups -OCH3 is 1. The van der Waals surface area contributed by atoms with Gasteiger partial charge in [-0.15, -0.1) is 0 Å². The van der Waals surface area contributed by atoms with Crippen molar-refractivity contribution in [2.75, 3.05) is 13.7 Å². The molecule has 0 aliphatic heterocycles. The van der Waals surface area contributed by atoms with Gasteiger partial charge in [0, 0.05) is 7.11 Å². The lowest BCUT2D eigenvalue weighted by Gasteiger charge is -2.11. The molecule has 0 saturated heterocycles. The van der Waals surface area contributed by atoms with Crippen LogP contribution in [-0.2, 0) is 4.74 Å². The smallest absolute Gasteiger partial charge is 0.205 e. The van der Waals surface area contributed by atoms with Crippen molar-refractivity contribution in [3.8, 4) is 0 Å². The first-order chi connectivity index (χ1) is 8.61. The van der Waals surface area contributed by atoms with E-state index in [2.05, 4.69) is 12.0 Å². The zero-order valence-corrected chi connectivity index (χ0v) is 11.7. The number of unbranched alkanes of at least 4 members (excludes halogenated alkanes) is 4. The summed E-state index contributed by atoms with van der Waals surface area (Å²) in [5, 5.41) is 24.6. The Balaban J connectivity index is 4.02. The number of hydrogen-bond donors (Lipinski definition) is 1. The predicted molar refractivity (Wildman–Crippen MR) is 71.3 cm³/mol. The number of aliphatic hydroxyl groups excluding tert-OH is 1. The van der Waals surface area contributed by atoms with Crippen molar-refractivity contribution < 1.29 is 14.7 Å². The number of ether oxygens (including phenoxy) is 1. The molecule has 0 aliphatic carbocycles. The summed E-state index contributed by atoms with van der Waals surface area (Å²) < 4.78 is 4.89. The second kappa shape index (κ2) is 11.2. The first kappa shape index (κ1) is 17.1. The van der Waals surface area contributed by atoms with Crippen molar-refractivity contribution in [2.24, 2.45) is 5.11 Å². The highest BCUT2D eigenvalue weighted by Crippen LogP contribution is 2.04. The first-order valence-electron chi connectivity index (χ1n) is 6.62. The summed E-state index contributed by atoms with van der Waals surface area (Å²) in [5.41, 5.74) is 0. The molecule has 5 heteroatoms. The second-order valence-corrected chi connectivity index (χ2v) is 4.42. The summed E-state index contributed by atoms with van der Waals surface area (Å²) in [6.07, 6.45) is 8.14. The summed E-state index contributed by atoms with van der Waals surface area (Å²) in [4.78, 5) is 0.510. The molecule has 0 bridgehead atoms. The monoisotopic (exact) mass is 258 g/mol. The molecule has 106 valence electrons. The number of hydroxylamine groups is 1. The van der Waals surface area contributed by atoms with E-state index >= 15 is 0 Å². The zero-order valence-electron chi connectivity index (χ0n) is 11.7. The number of allylic oxidation sites excluding steroid dienone is 1. The van der Waals surface area contributed by atoms with Crippen LogP contribution < -0.4 is 0 Å². The summed E-state index contributed by atoms with van der Waals surface area (Å²) >= 11 is 0. The van der Waals surface area contributed by atoms with Gasteiger partial charge in [0.05, 0.1) is 12.7 Å². The van der Waals surface area contributed by atoms with Gasteiger partial charge in [-0.1, -0.05) is 31.0 Å². The SMILES string of the molecule is CCCCCC/C=C/[N+]([O-])=N[C@@H](COC)[C@@H](C)O. The van der Waals surface area contributed by atoms with E-state index in [1.165, 1.54) is 32.6 Å². The summed E-state index contributed by atoms with van der Waals surface area (Å²) in [6, 6.07) is -0.516. The highest BCUT2D eigenvalue weighted by molar-refractivity contribution is 4.73. The lowest BCUT2D eigenvalue weighted by molar-refractivity contribution is -0.464. The number of nitrogens with zero attached hydrogens (tertiary/aromatic N) is 2. The fourth-order valence-corrected chi connectivity index (χ4v) is 1.48. The molecule has 0 aromatic rings. The highest BCUT2D eigenvalue weighted by Gasteiger charge is 2.17. The van der Waals surface area contributed by atoms with Crippen LogP contribution in [0.5, 0.6) is 0 Å². The van der Waals surface area contributed by atoms with E-state index < -0.39 is 12.1 Å². The van der Waals surface area contributed by atoms with E-state index in [0.29, 0.717) is 4.86 Å². The van der Waals surface area contributed by atoms with Crippen molar-refractivity contribution in [2.45, 2.75) is 58.1 Å². The second-order valence-electron chi connectivity index (χ2n) is 4.42. The summed E-state index contributed by atoms with van der Waals surface area (Å²) in [5.74, 6) is 0. The molecule has 0 radical (unpaired) electrons. The number of rotatable bonds is 10. The van der Waals surface area contributed by atoms with Crippen molar-refractivity contribution in [3.63, 3.8) is 0 Å². The Morgan fingerprint density at radius 3 is 2.67 bits per heavy atom. The van der Waals surface area contributed by atoms with E-state index in [-0.39, 0.29) is 6.61 Å². The van der Waals surface area contributed by atoms with Crippen molar-refractivity contribution in [3.05, 3.63) is 17.5 Å². The molecule has 0 rings (SSSR count). The molecular weight excluding hydrogens is 232 g/mol. The third kappa shape index (κ3) is 9.13. The molecule has 0 unspecified atom stereocenters. The summed E-state index contributed by atoms with van der Waals surface area (Å²) in [7, 11) is 1.52. The normalized spacial score (nSPS) is 16.1. The number of azo groups is 1. The Labute approximate surface area is 110 Å². The first-order valence-corrected chi connectivity index (χ1v) is 6.62. The minimum atomic E-state index is -0.695. The molecular formula is C13H26N2O3. The van der Waals surface area contributed by atoms with Crippen molar-refractivity contribution in [1.82, 2.24) is 0 Å². The average Bonchev–Trinajstić information content (AvgIpc) is 2.33. The van der Waals surface area contributed by atoms with Gasteiger partial charge in [-0.25, -0.2) is 0 Å². The quantitative estimate of drug-likeness (QED) is 0.283. The van der Waals surface area contributed by atoms with Crippen molar-refractivity contribution in [1.29, 1.82) is 0 Å². The maximum atomic E-state index is 11.4. The van der Waals surface area contributed by atoms with Crippen LogP contribution in [0.2, 0.25) is 0 Å². The Bertz CT molecular complexity index is 253. The molecule has 0 saturated carbocycles. The van der Waals surface area contributed by atoms with Gasteiger partial charge < -0.3 is 15.1 Å². The molecule has 2 atom stereocenters. The minimum Gasteiger partial charge on any atom is -0.595 e. The fourth-order valence-electron chi connectivity index (χ4n) is 1.48. The van der Waals surface area contributed by atoms with Gasteiger partial charge >= 0.3 is 0 Å². The van der Waals surface area contributed by atoms with Crippen LogP contribution in [0.15, 0.2) is 17.4 Å². The average molecular weight is 258 g/mol. The number of aliphatic hydroxyl groups is 1. The van der Waals surface area contributed by atoms with Gasteiger partial charge in [-0.05, 0) is 31.0 Å². The van der Waals surface area contributed by atoms with Crippen LogP contribution in [0.4, 0.5) is 0 Å². The van der Waals surface area contributed by atoms with Crippen LogP contribution in [-0.4, -0.2) is 35.8 Å². The van der Waals surface area contributed by atoms with E-state index in [1.807, 2.05) is 6.08 Å². The van der Waals surface area contributed by atoms with Gasteiger partial charge in [0.15, 0.2) is 6.04 Å². The zero-order chi connectivity index (χ0) is 13.8. The Morgan fingerprint density at radius 1 is 1.39 bits per heavy atom. The van der Waals surface area contributed by atoms with Crippen LogP contribution in [0.25, 0.3) is 0 Å². The maximum Gasteiger partial charge on any atom is 0.205 e. The van der Waals surface area contributed by atoms with E-state index in [4.69, 9.17) is 4.74 Å². The Morgan fingerprint density at radius 2 is 2.11 bits per heavy atom. The van der Waals surface area contributed by atoms with Crippen LogP contribution >= 0.6 is 0 Å². The van der Waals surface area contributed by atoms with Crippen LogP contribution in [0.3, 0.4) is 0 Å². The largest absolute Gasteiger partial charge is 0.595 e. The van der Waals surface area contributed by atoms with Gasteiger partial charge in [0.2, 0.25) is 6.20 Å². The van der Waals surface area contributed by atoms with Crippen LogP contribution in [0, 0.1) is 5.21 Å². The lowest BCUT2D eigenvalue weighted by Crippen LogP contribution is -2.27. The Kier molecular flexibility index (Phi) is 10.6. The fraction of sp³-hybridized carbons (Fsp3) is 0.846. The van der Waals surface area contributed by atoms with E-state index in [1.54, 1.807) is 6.92 Å². The lowest BCUT2D eigenvalue weighted by atomic mass is 10.1. The van der Waals surface area contributed by atoms with Crippen molar-refractivity contribution >= 4 is 0 Å². The molecule has 0 fully saturated rings. The van der Waals surface area contributed by atoms with Crippen LogP contribution in [0.1, 0.15) is 46.0 Å².